The van der Waals surface area contributed by atoms with Crippen LogP contribution < -0.4 is 14.8 Å². The first-order valence-corrected chi connectivity index (χ1v) is 8.14. The van der Waals surface area contributed by atoms with Gasteiger partial charge in [0.2, 0.25) is 0 Å². The van der Waals surface area contributed by atoms with E-state index in [9.17, 15) is 4.79 Å². The molecule has 4 heteroatoms. The van der Waals surface area contributed by atoms with Crippen molar-refractivity contribution in [3.63, 3.8) is 0 Å². The van der Waals surface area contributed by atoms with Crippen LogP contribution in [-0.4, -0.2) is 20.1 Å². The van der Waals surface area contributed by atoms with Crippen molar-refractivity contribution in [2.75, 3.05) is 19.5 Å². The molecule has 0 unspecified atom stereocenters. The first kappa shape index (κ1) is 17.9. The van der Waals surface area contributed by atoms with Gasteiger partial charge in [0.1, 0.15) is 11.5 Å². The topological polar surface area (TPSA) is 47.6 Å². The van der Waals surface area contributed by atoms with E-state index in [2.05, 4.69) is 25.2 Å². The number of hydrogen-bond acceptors (Lipinski definition) is 3. The summed E-state index contributed by atoms with van der Waals surface area (Å²) in [5, 5.41) is 3.01. The number of anilines is 1. The van der Waals surface area contributed by atoms with Gasteiger partial charge < -0.3 is 14.8 Å². The Hall–Kier alpha value is -2.49. The van der Waals surface area contributed by atoms with Crippen LogP contribution in [0.25, 0.3) is 0 Å². The van der Waals surface area contributed by atoms with E-state index < -0.39 is 0 Å². The fraction of sp³-hybridized carbons (Fsp3) is 0.350. The number of hydrogen-bond donors (Lipinski definition) is 1. The Morgan fingerprint density at radius 3 is 2.25 bits per heavy atom. The normalized spacial score (nSPS) is 11.7. The first-order valence-electron chi connectivity index (χ1n) is 8.14. The van der Waals surface area contributed by atoms with Gasteiger partial charge >= 0.3 is 0 Å². The molecule has 1 amide bonds. The Kier molecular flexibility index (Phi) is 5.85. The highest BCUT2D eigenvalue weighted by atomic mass is 16.5. The van der Waals surface area contributed by atoms with Crippen LogP contribution in [0.2, 0.25) is 0 Å². The van der Waals surface area contributed by atoms with Crippen LogP contribution in [0.4, 0.5) is 5.69 Å². The molecule has 0 aliphatic heterocycles. The summed E-state index contributed by atoms with van der Waals surface area (Å²) < 4.78 is 10.7. The third-order valence-electron chi connectivity index (χ3n) is 4.37. The summed E-state index contributed by atoms with van der Waals surface area (Å²) >= 11 is 0. The summed E-state index contributed by atoms with van der Waals surface area (Å²) in [6, 6.07) is 11.4. The molecule has 2 aromatic carbocycles. The molecule has 24 heavy (non-hydrogen) atoms. The molecule has 0 aromatic heterocycles. The number of carbonyl (C=O) groups excluding carboxylic acids is 1. The van der Waals surface area contributed by atoms with E-state index in [0.29, 0.717) is 23.0 Å². The Morgan fingerprint density at radius 2 is 1.71 bits per heavy atom. The standard InChI is InChI=1S/C20H25NO3/c1-6-13(2)16-9-7-8-10-17(16)21-20(22)15-11-18(23-4)14(3)19(12-15)24-5/h7-13H,6H2,1-5H3,(H,21,22)/t13-/m1/s1. The van der Waals surface area contributed by atoms with E-state index in [1.165, 1.54) is 0 Å². The molecule has 0 fully saturated rings. The third kappa shape index (κ3) is 3.70. The lowest BCUT2D eigenvalue weighted by molar-refractivity contribution is 0.102. The average molecular weight is 327 g/mol. The molecular weight excluding hydrogens is 302 g/mol. The number of rotatable bonds is 6. The maximum absolute atomic E-state index is 12.7. The van der Waals surface area contributed by atoms with Gasteiger partial charge in [0, 0.05) is 16.8 Å². The zero-order valence-electron chi connectivity index (χ0n) is 15.0. The summed E-state index contributed by atoms with van der Waals surface area (Å²) in [6.07, 6.45) is 1.01. The van der Waals surface area contributed by atoms with Gasteiger partial charge in [0.25, 0.3) is 5.91 Å². The maximum atomic E-state index is 12.7. The van der Waals surface area contributed by atoms with Crippen LogP contribution in [0, 0.1) is 6.92 Å². The van der Waals surface area contributed by atoms with Gasteiger partial charge in [-0.2, -0.15) is 0 Å². The SMILES string of the molecule is CC[C@@H](C)c1ccccc1NC(=O)c1cc(OC)c(C)c(OC)c1. The molecule has 0 saturated carbocycles. The highest BCUT2D eigenvalue weighted by Crippen LogP contribution is 2.31. The summed E-state index contributed by atoms with van der Waals surface area (Å²) in [7, 11) is 3.17. The minimum atomic E-state index is -0.178. The Bertz CT molecular complexity index is 700. The van der Waals surface area contributed by atoms with E-state index in [-0.39, 0.29) is 5.91 Å². The van der Waals surface area contributed by atoms with Crippen LogP contribution >= 0.6 is 0 Å². The molecular formula is C20H25NO3. The minimum absolute atomic E-state index is 0.178. The number of methoxy groups -OCH3 is 2. The van der Waals surface area contributed by atoms with Gasteiger partial charge in [-0.25, -0.2) is 0 Å². The largest absolute Gasteiger partial charge is 0.496 e. The Labute approximate surface area is 143 Å². The monoisotopic (exact) mass is 327 g/mol. The number of para-hydroxylation sites is 1. The second-order valence-corrected chi connectivity index (χ2v) is 5.86. The molecule has 0 saturated heterocycles. The van der Waals surface area contributed by atoms with Crippen LogP contribution in [0.3, 0.4) is 0 Å². The number of benzene rings is 2. The molecule has 1 atom stereocenters. The fourth-order valence-corrected chi connectivity index (χ4v) is 2.67. The van der Waals surface area contributed by atoms with Crippen molar-refractivity contribution in [2.45, 2.75) is 33.1 Å². The molecule has 0 radical (unpaired) electrons. The number of nitrogens with one attached hydrogen (secondary N) is 1. The highest BCUT2D eigenvalue weighted by Gasteiger charge is 2.16. The molecule has 0 aliphatic carbocycles. The molecule has 4 nitrogen and oxygen atoms in total. The second kappa shape index (κ2) is 7.86. The zero-order valence-corrected chi connectivity index (χ0v) is 15.0. The van der Waals surface area contributed by atoms with Crippen molar-refractivity contribution >= 4 is 11.6 Å². The first-order chi connectivity index (χ1) is 11.5. The Morgan fingerprint density at radius 1 is 1.12 bits per heavy atom. The highest BCUT2D eigenvalue weighted by molar-refractivity contribution is 6.05. The maximum Gasteiger partial charge on any atom is 0.255 e. The smallest absolute Gasteiger partial charge is 0.255 e. The van der Waals surface area contributed by atoms with E-state index in [0.717, 1.165) is 23.2 Å². The average Bonchev–Trinajstić information content (AvgIpc) is 2.61. The minimum Gasteiger partial charge on any atom is -0.496 e. The van der Waals surface area contributed by atoms with Crippen LogP contribution in [0.15, 0.2) is 36.4 Å². The molecule has 0 spiro atoms. The molecule has 0 heterocycles. The van der Waals surface area contributed by atoms with Crippen molar-refractivity contribution in [1.82, 2.24) is 0 Å². The summed E-state index contributed by atoms with van der Waals surface area (Å²) in [5.74, 6) is 1.47. The molecule has 128 valence electrons. The van der Waals surface area contributed by atoms with Crippen molar-refractivity contribution in [3.05, 3.63) is 53.1 Å². The lowest BCUT2D eigenvalue weighted by Gasteiger charge is -2.17. The predicted octanol–water partition coefficient (Wildman–Crippen LogP) is 4.78. The third-order valence-corrected chi connectivity index (χ3v) is 4.37. The van der Waals surface area contributed by atoms with Crippen molar-refractivity contribution in [3.8, 4) is 11.5 Å². The molecule has 1 N–H and O–H groups in total. The number of ether oxygens (including phenoxy) is 2. The summed E-state index contributed by atoms with van der Waals surface area (Å²) in [5.41, 5.74) is 3.36. The number of carbonyl (C=O) groups is 1. The van der Waals surface area contributed by atoms with Crippen molar-refractivity contribution in [2.24, 2.45) is 0 Å². The van der Waals surface area contributed by atoms with E-state index in [1.54, 1.807) is 26.4 Å². The van der Waals surface area contributed by atoms with Gasteiger partial charge in [-0.3, -0.25) is 4.79 Å². The molecule has 0 bridgehead atoms. The number of amides is 1. The van der Waals surface area contributed by atoms with Crippen LogP contribution in [0.1, 0.15) is 47.7 Å². The second-order valence-electron chi connectivity index (χ2n) is 5.86. The summed E-state index contributed by atoms with van der Waals surface area (Å²) in [4.78, 5) is 12.7. The van der Waals surface area contributed by atoms with Crippen LogP contribution in [0.5, 0.6) is 11.5 Å². The molecule has 2 aromatic rings. The van der Waals surface area contributed by atoms with Gasteiger partial charge in [-0.1, -0.05) is 32.0 Å². The molecule has 2 rings (SSSR count). The van der Waals surface area contributed by atoms with Gasteiger partial charge in [0.05, 0.1) is 14.2 Å². The quantitative estimate of drug-likeness (QED) is 0.830. The van der Waals surface area contributed by atoms with Crippen LogP contribution in [-0.2, 0) is 0 Å². The van der Waals surface area contributed by atoms with E-state index in [1.807, 2.05) is 25.1 Å². The van der Waals surface area contributed by atoms with Gasteiger partial charge in [0.15, 0.2) is 0 Å². The molecule has 0 aliphatic rings. The lowest BCUT2D eigenvalue weighted by Crippen LogP contribution is -2.14. The van der Waals surface area contributed by atoms with Gasteiger partial charge in [-0.15, -0.1) is 0 Å². The van der Waals surface area contributed by atoms with Crippen molar-refractivity contribution < 1.29 is 14.3 Å². The lowest BCUT2D eigenvalue weighted by atomic mass is 9.96. The zero-order chi connectivity index (χ0) is 17.7. The predicted molar refractivity (Wildman–Crippen MR) is 97.4 cm³/mol. The van der Waals surface area contributed by atoms with E-state index in [4.69, 9.17) is 9.47 Å². The Balaban J connectivity index is 2.34. The van der Waals surface area contributed by atoms with Gasteiger partial charge in [-0.05, 0) is 43.0 Å². The summed E-state index contributed by atoms with van der Waals surface area (Å²) in [6.45, 7) is 6.19. The fourth-order valence-electron chi connectivity index (χ4n) is 2.67. The van der Waals surface area contributed by atoms with Crippen molar-refractivity contribution in [1.29, 1.82) is 0 Å². The van der Waals surface area contributed by atoms with E-state index >= 15 is 0 Å².